The zero-order valence-electron chi connectivity index (χ0n) is 9.43. The summed E-state index contributed by atoms with van der Waals surface area (Å²) in [6.45, 7) is 5.27. The Kier molecular flexibility index (Phi) is 3.21. The minimum atomic E-state index is 0.0977. The van der Waals surface area contributed by atoms with Gasteiger partial charge in [-0.3, -0.25) is 0 Å². The molecular weight excluding hydrogens is 208 g/mol. The van der Waals surface area contributed by atoms with Gasteiger partial charge in [-0.2, -0.15) is 4.98 Å². The van der Waals surface area contributed by atoms with Gasteiger partial charge in [0.25, 0.3) is 0 Å². The van der Waals surface area contributed by atoms with Crippen LogP contribution in [0, 0.1) is 0 Å². The lowest BCUT2D eigenvalue weighted by Crippen LogP contribution is -2.38. The Morgan fingerprint density at radius 2 is 2.25 bits per heavy atom. The van der Waals surface area contributed by atoms with Gasteiger partial charge in [0.05, 0.1) is 13.2 Å². The van der Waals surface area contributed by atoms with Crippen molar-refractivity contribution >= 4 is 5.82 Å². The van der Waals surface area contributed by atoms with Crippen LogP contribution in [-0.4, -0.2) is 29.3 Å². The van der Waals surface area contributed by atoms with Crippen LogP contribution in [-0.2, 0) is 4.74 Å². The van der Waals surface area contributed by atoms with Crippen LogP contribution in [0.15, 0.2) is 6.07 Å². The van der Waals surface area contributed by atoms with Gasteiger partial charge in [0.15, 0.2) is 0 Å². The molecule has 0 spiro atoms. The smallest absolute Gasteiger partial charge is 0.219 e. The maximum Gasteiger partial charge on any atom is 0.219 e. The van der Waals surface area contributed by atoms with Crippen LogP contribution in [0.4, 0.5) is 5.82 Å². The van der Waals surface area contributed by atoms with Crippen molar-refractivity contribution in [2.24, 2.45) is 5.84 Å². The molecule has 2 rings (SSSR count). The first-order valence-electron chi connectivity index (χ1n) is 5.29. The van der Waals surface area contributed by atoms with Gasteiger partial charge in [-0.1, -0.05) is 13.8 Å². The fraction of sp³-hybridized carbons (Fsp3) is 0.600. The predicted molar refractivity (Wildman–Crippen MR) is 59.2 cm³/mol. The molecule has 3 N–H and O–H groups in total. The lowest BCUT2D eigenvalue weighted by molar-refractivity contribution is -0.0814. The molecule has 6 heteroatoms. The molecule has 0 aromatic carbocycles. The van der Waals surface area contributed by atoms with Crippen LogP contribution in [0.1, 0.15) is 25.6 Å². The Bertz CT molecular complexity index is 366. The molecule has 1 aromatic heterocycles. The van der Waals surface area contributed by atoms with Crippen molar-refractivity contribution in [3.05, 3.63) is 11.9 Å². The Hall–Kier alpha value is -1.40. The highest BCUT2D eigenvalue weighted by molar-refractivity contribution is 5.37. The number of anilines is 1. The summed E-state index contributed by atoms with van der Waals surface area (Å²) in [4.78, 5) is 8.56. The van der Waals surface area contributed by atoms with Gasteiger partial charge in [0, 0.05) is 12.0 Å². The van der Waals surface area contributed by atoms with E-state index in [0.717, 1.165) is 0 Å². The van der Waals surface area contributed by atoms with E-state index in [1.54, 1.807) is 6.07 Å². The fourth-order valence-electron chi connectivity index (χ4n) is 1.29. The summed E-state index contributed by atoms with van der Waals surface area (Å²) in [6, 6.07) is 1.68. The van der Waals surface area contributed by atoms with Gasteiger partial charge in [0.2, 0.25) is 5.88 Å². The summed E-state index contributed by atoms with van der Waals surface area (Å²) >= 11 is 0. The SMILES string of the molecule is CC(C)c1nc(NN)cc(OC2COC2)n1. The maximum absolute atomic E-state index is 5.61. The molecule has 1 saturated heterocycles. The average molecular weight is 224 g/mol. The monoisotopic (exact) mass is 224 g/mol. The number of ether oxygens (including phenoxy) is 2. The van der Waals surface area contributed by atoms with Crippen molar-refractivity contribution in [2.75, 3.05) is 18.6 Å². The molecule has 0 bridgehead atoms. The lowest BCUT2D eigenvalue weighted by atomic mass is 10.2. The molecule has 0 unspecified atom stereocenters. The molecule has 1 fully saturated rings. The number of nitrogen functional groups attached to an aromatic ring is 1. The third kappa shape index (κ3) is 2.40. The molecule has 0 aliphatic carbocycles. The molecule has 1 aliphatic rings. The first kappa shape index (κ1) is 11.1. The van der Waals surface area contributed by atoms with Crippen molar-refractivity contribution in [1.82, 2.24) is 9.97 Å². The normalized spacial score (nSPS) is 16.0. The number of aromatic nitrogens is 2. The van der Waals surface area contributed by atoms with E-state index in [1.165, 1.54) is 0 Å². The summed E-state index contributed by atoms with van der Waals surface area (Å²) in [5, 5.41) is 0. The predicted octanol–water partition coefficient (Wildman–Crippen LogP) is 0.663. The van der Waals surface area contributed by atoms with E-state index in [0.29, 0.717) is 30.7 Å². The van der Waals surface area contributed by atoms with Gasteiger partial charge in [-0.25, -0.2) is 10.8 Å². The van der Waals surface area contributed by atoms with Crippen molar-refractivity contribution < 1.29 is 9.47 Å². The Labute approximate surface area is 94.1 Å². The number of hydrazine groups is 1. The second kappa shape index (κ2) is 4.63. The lowest BCUT2D eigenvalue weighted by Gasteiger charge is -2.26. The maximum atomic E-state index is 5.61. The van der Waals surface area contributed by atoms with Crippen LogP contribution in [0.3, 0.4) is 0 Å². The molecule has 2 heterocycles. The van der Waals surface area contributed by atoms with E-state index in [1.807, 2.05) is 13.8 Å². The van der Waals surface area contributed by atoms with E-state index in [4.69, 9.17) is 15.3 Å². The van der Waals surface area contributed by atoms with Crippen LogP contribution in [0.5, 0.6) is 5.88 Å². The van der Waals surface area contributed by atoms with E-state index >= 15 is 0 Å². The Balaban J connectivity index is 2.18. The zero-order valence-corrected chi connectivity index (χ0v) is 9.43. The van der Waals surface area contributed by atoms with Gasteiger partial charge in [-0.05, 0) is 0 Å². The van der Waals surface area contributed by atoms with Crippen molar-refractivity contribution in [1.29, 1.82) is 0 Å². The molecule has 0 amide bonds. The van der Waals surface area contributed by atoms with E-state index in [2.05, 4.69) is 15.4 Å². The molecule has 0 atom stereocenters. The third-order valence-electron chi connectivity index (χ3n) is 2.28. The van der Waals surface area contributed by atoms with Crippen LogP contribution < -0.4 is 16.0 Å². The summed E-state index contributed by atoms with van der Waals surface area (Å²) in [5.74, 6) is 7.39. The minimum absolute atomic E-state index is 0.0977. The summed E-state index contributed by atoms with van der Waals surface area (Å²) in [5.41, 5.74) is 2.51. The van der Waals surface area contributed by atoms with Gasteiger partial charge < -0.3 is 14.9 Å². The summed E-state index contributed by atoms with van der Waals surface area (Å²) in [6.07, 6.45) is 0.0977. The number of rotatable bonds is 4. The Morgan fingerprint density at radius 3 is 2.75 bits per heavy atom. The molecule has 16 heavy (non-hydrogen) atoms. The second-order valence-corrected chi connectivity index (χ2v) is 4.03. The number of nitrogens with two attached hydrogens (primary N) is 1. The number of nitrogens with zero attached hydrogens (tertiary/aromatic N) is 2. The quantitative estimate of drug-likeness (QED) is 0.577. The largest absolute Gasteiger partial charge is 0.469 e. The van der Waals surface area contributed by atoms with Crippen molar-refractivity contribution in [3.63, 3.8) is 0 Å². The highest BCUT2D eigenvalue weighted by Gasteiger charge is 2.21. The van der Waals surface area contributed by atoms with Crippen LogP contribution in [0.25, 0.3) is 0 Å². The van der Waals surface area contributed by atoms with E-state index in [9.17, 15) is 0 Å². The van der Waals surface area contributed by atoms with Crippen LogP contribution in [0.2, 0.25) is 0 Å². The third-order valence-corrected chi connectivity index (χ3v) is 2.28. The second-order valence-electron chi connectivity index (χ2n) is 4.03. The highest BCUT2D eigenvalue weighted by atomic mass is 16.6. The number of nitrogens with one attached hydrogen (secondary N) is 1. The molecule has 88 valence electrons. The highest BCUT2D eigenvalue weighted by Crippen LogP contribution is 2.20. The van der Waals surface area contributed by atoms with E-state index < -0.39 is 0 Å². The molecule has 1 aromatic rings. The number of hydrogen-bond acceptors (Lipinski definition) is 6. The van der Waals surface area contributed by atoms with Gasteiger partial charge in [-0.15, -0.1) is 0 Å². The molecular formula is C10H16N4O2. The summed E-state index contributed by atoms with van der Waals surface area (Å²) < 4.78 is 10.6. The number of hydrogen-bond donors (Lipinski definition) is 2. The minimum Gasteiger partial charge on any atom is -0.469 e. The van der Waals surface area contributed by atoms with Gasteiger partial charge >= 0.3 is 0 Å². The molecule has 6 nitrogen and oxygen atoms in total. The Morgan fingerprint density at radius 1 is 1.50 bits per heavy atom. The molecule has 1 aliphatic heterocycles. The molecule has 0 saturated carbocycles. The first-order chi connectivity index (χ1) is 7.69. The van der Waals surface area contributed by atoms with Crippen molar-refractivity contribution in [3.8, 4) is 5.88 Å². The standard InChI is InChI=1S/C10H16N4O2/c1-6(2)10-12-8(14-11)3-9(13-10)16-7-4-15-5-7/h3,6-7H,4-5,11H2,1-2H3,(H,12,13,14). The topological polar surface area (TPSA) is 82.3 Å². The zero-order chi connectivity index (χ0) is 11.5. The first-order valence-corrected chi connectivity index (χ1v) is 5.29. The summed E-state index contributed by atoms with van der Waals surface area (Å²) in [7, 11) is 0. The average Bonchev–Trinajstić information content (AvgIpc) is 2.23. The van der Waals surface area contributed by atoms with E-state index in [-0.39, 0.29) is 12.0 Å². The molecule has 0 radical (unpaired) electrons. The fourth-order valence-corrected chi connectivity index (χ4v) is 1.29. The van der Waals surface area contributed by atoms with Crippen LogP contribution >= 0.6 is 0 Å². The van der Waals surface area contributed by atoms with Gasteiger partial charge in [0.1, 0.15) is 17.7 Å². The van der Waals surface area contributed by atoms with Crippen molar-refractivity contribution in [2.45, 2.75) is 25.9 Å².